The number of nitrogens with one attached hydrogen (secondary N) is 3. The number of carbonyl (C=O) groups excluding carboxylic acids is 3. The summed E-state index contributed by atoms with van der Waals surface area (Å²) >= 11 is 6.12. The van der Waals surface area contributed by atoms with Crippen molar-refractivity contribution in [2.45, 2.75) is 96.2 Å². The van der Waals surface area contributed by atoms with E-state index in [1.165, 1.54) is 6.42 Å². The van der Waals surface area contributed by atoms with E-state index in [4.69, 9.17) is 11.6 Å². The van der Waals surface area contributed by atoms with Crippen LogP contribution in [0, 0.1) is 11.3 Å². The molecule has 1 saturated heterocycles. The van der Waals surface area contributed by atoms with Crippen molar-refractivity contribution < 1.29 is 14.4 Å². The molecule has 1 saturated carbocycles. The topological polar surface area (TPSA) is 116 Å². The normalized spacial score (nSPS) is 21.1. The van der Waals surface area contributed by atoms with E-state index in [1.807, 2.05) is 30.9 Å². The number of halogens is 1. The molecule has 43 heavy (non-hydrogen) atoms. The summed E-state index contributed by atoms with van der Waals surface area (Å²) in [5.41, 5.74) is 2.17. The lowest BCUT2D eigenvalue weighted by Gasteiger charge is -2.47. The summed E-state index contributed by atoms with van der Waals surface area (Å²) in [4.78, 5) is 51.9. The molecule has 0 spiro atoms. The van der Waals surface area contributed by atoms with E-state index < -0.39 is 11.5 Å². The first-order chi connectivity index (χ1) is 20.7. The van der Waals surface area contributed by atoms with Crippen LogP contribution in [0.4, 0.5) is 0 Å². The lowest BCUT2D eigenvalue weighted by molar-refractivity contribution is -0.146. The smallest absolute Gasteiger partial charge is 0.245 e. The average molecular weight is 609 g/mol. The molecule has 1 unspecified atom stereocenters. The van der Waals surface area contributed by atoms with Crippen molar-refractivity contribution in [3.8, 4) is 0 Å². The van der Waals surface area contributed by atoms with E-state index in [-0.39, 0.29) is 36.2 Å². The molecule has 2 fully saturated rings. The fourth-order valence-electron chi connectivity index (χ4n) is 7.21. The molecular weight excluding hydrogens is 564 g/mol. The maximum atomic E-state index is 14.1. The van der Waals surface area contributed by atoms with Gasteiger partial charge in [-0.3, -0.25) is 24.4 Å². The maximum absolute atomic E-state index is 14.1. The van der Waals surface area contributed by atoms with Crippen LogP contribution in [0.25, 0.3) is 0 Å². The van der Waals surface area contributed by atoms with Gasteiger partial charge in [0.05, 0.1) is 22.8 Å². The number of hydrogen-bond acceptors (Lipinski definition) is 6. The van der Waals surface area contributed by atoms with E-state index in [0.29, 0.717) is 43.3 Å². The summed E-state index contributed by atoms with van der Waals surface area (Å²) in [6.07, 6.45) is 11.6. The number of amides is 3. The highest BCUT2D eigenvalue weighted by atomic mass is 35.5. The van der Waals surface area contributed by atoms with Crippen molar-refractivity contribution >= 4 is 29.3 Å². The maximum Gasteiger partial charge on any atom is 0.245 e. The first-order valence-corrected chi connectivity index (χ1v) is 16.3. The Labute approximate surface area is 260 Å². The number of carbonyl (C=O) groups is 3. The summed E-state index contributed by atoms with van der Waals surface area (Å²) < 4.78 is 0. The second kappa shape index (κ2) is 14.2. The molecule has 2 aromatic rings. The number of nitrogens with zero attached hydrogens (tertiary/aromatic N) is 3. The molecule has 1 aliphatic carbocycles. The molecule has 232 valence electrons. The molecular formula is C33H45ClN6O3. The fraction of sp³-hybridized carbons (Fsp3) is 0.606. The lowest BCUT2D eigenvalue weighted by atomic mass is 9.63. The molecule has 9 nitrogen and oxygen atoms in total. The average Bonchev–Trinajstić information content (AvgIpc) is 3.02. The van der Waals surface area contributed by atoms with Crippen molar-refractivity contribution in [2.24, 2.45) is 11.3 Å². The van der Waals surface area contributed by atoms with Crippen LogP contribution < -0.4 is 16.0 Å². The minimum absolute atomic E-state index is 0.0724. The van der Waals surface area contributed by atoms with Crippen LogP contribution >= 0.6 is 11.6 Å². The molecule has 1 aromatic heterocycles. The molecule has 1 aromatic carbocycles. The summed E-state index contributed by atoms with van der Waals surface area (Å²) in [6, 6.07) is 6.47. The Bertz CT molecular complexity index is 1270. The number of piperidine rings is 1. The van der Waals surface area contributed by atoms with Crippen LogP contribution in [0.5, 0.6) is 0 Å². The van der Waals surface area contributed by atoms with E-state index in [9.17, 15) is 14.4 Å². The Morgan fingerprint density at radius 2 is 1.72 bits per heavy atom. The van der Waals surface area contributed by atoms with Crippen molar-refractivity contribution in [1.29, 1.82) is 0 Å². The van der Waals surface area contributed by atoms with E-state index >= 15 is 0 Å². The van der Waals surface area contributed by atoms with Crippen molar-refractivity contribution in [3.63, 3.8) is 0 Å². The van der Waals surface area contributed by atoms with Gasteiger partial charge >= 0.3 is 0 Å². The number of hydrogen-bond donors (Lipinski definition) is 3. The molecule has 0 radical (unpaired) electrons. The second-order valence-corrected chi connectivity index (χ2v) is 13.2. The highest BCUT2D eigenvalue weighted by molar-refractivity contribution is 6.30. The van der Waals surface area contributed by atoms with Crippen molar-refractivity contribution in [3.05, 3.63) is 58.6 Å². The predicted molar refractivity (Wildman–Crippen MR) is 166 cm³/mol. The molecule has 2 aliphatic heterocycles. The Hall–Kier alpha value is -3.04. The van der Waals surface area contributed by atoms with Gasteiger partial charge in [0.15, 0.2) is 0 Å². The quantitative estimate of drug-likeness (QED) is 0.394. The lowest BCUT2D eigenvalue weighted by Crippen LogP contribution is -2.57. The number of likely N-dealkylation sites (tertiary alicyclic amines) is 1. The van der Waals surface area contributed by atoms with E-state index in [1.54, 1.807) is 24.5 Å². The van der Waals surface area contributed by atoms with Gasteiger partial charge in [-0.15, -0.1) is 0 Å². The third-order valence-electron chi connectivity index (χ3n) is 9.49. The van der Waals surface area contributed by atoms with Crippen LogP contribution in [-0.4, -0.2) is 64.3 Å². The molecule has 3 amide bonds. The van der Waals surface area contributed by atoms with Gasteiger partial charge in [0.1, 0.15) is 6.04 Å². The SMILES string of the molecule is CC(C)NC(=O)C1(C2CCCCC2)CCN(C(=O)[C@@H](Cc2ccc(Cl)cc2)NC(=O)CC2NCCc3nccnc32)CC1. The highest BCUT2D eigenvalue weighted by Gasteiger charge is 2.48. The van der Waals surface area contributed by atoms with Gasteiger partial charge in [-0.1, -0.05) is 43.0 Å². The number of aromatic nitrogens is 2. The van der Waals surface area contributed by atoms with Crippen LogP contribution in [-0.2, 0) is 27.2 Å². The van der Waals surface area contributed by atoms with Gasteiger partial charge in [0, 0.05) is 62.4 Å². The Balaban J connectivity index is 1.30. The van der Waals surface area contributed by atoms with Crippen molar-refractivity contribution in [2.75, 3.05) is 19.6 Å². The van der Waals surface area contributed by atoms with Gasteiger partial charge < -0.3 is 20.9 Å². The van der Waals surface area contributed by atoms with Gasteiger partial charge in [0.2, 0.25) is 17.7 Å². The molecule has 3 N–H and O–H groups in total. The van der Waals surface area contributed by atoms with Gasteiger partial charge in [0.25, 0.3) is 0 Å². The summed E-state index contributed by atoms with van der Waals surface area (Å²) in [5.74, 6) is 0.154. The Morgan fingerprint density at radius 3 is 2.42 bits per heavy atom. The van der Waals surface area contributed by atoms with Crippen LogP contribution in [0.15, 0.2) is 36.7 Å². The van der Waals surface area contributed by atoms with E-state index in [2.05, 4.69) is 25.9 Å². The molecule has 3 heterocycles. The first-order valence-electron chi connectivity index (χ1n) is 15.9. The second-order valence-electron chi connectivity index (χ2n) is 12.7. The predicted octanol–water partition coefficient (Wildman–Crippen LogP) is 4.15. The first kappa shape index (κ1) is 31.4. The third kappa shape index (κ3) is 7.55. The zero-order chi connectivity index (χ0) is 30.4. The minimum Gasteiger partial charge on any atom is -0.353 e. The summed E-state index contributed by atoms with van der Waals surface area (Å²) in [5, 5.41) is 10.3. The molecule has 2 atom stereocenters. The van der Waals surface area contributed by atoms with Crippen LogP contribution in [0.2, 0.25) is 5.02 Å². The Kier molecular flexibility index (Phi) is 10.3. The largest absolute Gasteiger partial charge is 0.353 e. The molecule has 3 aliphatic rings. The zero-order valence-electron chi connectivity index (χ0n) is 25.4. The standard InChI is InChI=1S/C33H45ClN6O3/c1-22(2)38-32(43)33(24-6-4-3-5-7-24)13-18-40(19-14-33)31(42)28(20-23-8-10-25(34)11-9-23)39-29(41)21-27-30-26(12-15-35-27)36-16-17-37-30/h8-11,16-17,22,24,27-28,35H,3-7,12-15,18-21H2,1-2H3,(H,38,43)(H,39,41)/t27?,28-/m1/s1. The Morgan fingerprint density at radius 1 is 1.02 bits per heavy atom. The number of benzene rings is 1. The zero-order valence-corrected chi connectivity index (χ0v) is 26.2. The van der Waals surface area contributed by atoms with Crippen LogP contribution in [0.1, 0.15) is 88.2 Å². The number of rotatable bonds is 9. The monoisotopic (exact) mass is 608 g/mol. The van der Waals surface area contributed by atoms with Gasteiger partial charge in [-0.05, 0) is 63.1 Å². The highest BCUT2D eigenvalue weighted by Crippen LogP contribution is 2.46. The summed E-state index contributed by atoms with van der Waals surface area (Å²) in [6.45, 7) is 5.73. The number of fused-ring (bicyclic) bond motifs is 1. The van der Waals surface area contributed by atoms with Gasteiger partial charge in [-0.25, -0.2) is 0 Å². The summed E-state index contributed by atoms with van der Waals surface area (Å²) in [7, 11) is 0. The van der Waals surface area contributed by atoms with E-state index in [0.717, 1.165) is 55.6 Å². The van der Waals surface area contributed by atoms with Gasteiger partial charge in [-0.2, -0.15) is 0 Å². The molecule has 10 heteroatoms. The molecule has 0 bridgehead atoms. The molecule has 5 rings (SSSR count). The van der Waals surface area contributed by atoms with Crippen LogP contribution in [0.3, 0.4) is 0 Å². The van der Waals surface area contributed by atoms with Crippen molar-refractivity contribution in [1.82, 2.24) is 30.8 Å². The minimum atomic E-state index is -0.731. The fourth-order valence-corrected chi connectivity index (χ4v) is 7.34. The third-order valence-corrected chi connectivity index (χ3v) is 9.74.